The molecule has 0 saturated carbocycles. The lowest BCUT2D eigenvalue weighted by Crippen LogP contribution is -2.34. The number of hydrogen-bond donors (Lipinski definition) is 1. The molecule has 5 rings (SSSR count). The van der Waals surface area contributed by atoms with Gasteiger partial charge in [0.15, 0.2) is 0 Å². The maximum Gasteiger partial charge on any atom is 0.416 e. The molecule has 38 heavy (non-hydrogen) atoms. The number of pyridine rings is 1. The van der Waals surface area contributed by atoms with Crippen molar-refractivity contribution in [1.29, 1.82) is 0 Å². The number of hydrogen-bond acceptors (Lipinski definition) is 3. The van der Waals surface area contributed by atoms with E-state index in [9.17, 15) is 18.0 Å². The smallest absolute Gasteiger partial charge is 0.333 e. The van der Waals surface area contributed by atoms with E-state index in [2.05, 4.69) is 15.2 Å². The molecule has 2 aromatic carbocycles. The van der Waals surface area contributed by atoms with Crippen LogP contribution in [0.25, 0.3) is 17.0 Å². The van der Waals surface area contributed by atoms with Crippen molar-refractivity contribution in [3.63, 3.8) is 0 Å². The van der Waals surface area contributed by atoms with Crippen LogP contribution in [0.15, 0.2) is 66.9 Å². The maximum atomic E-state index is 13.6. The number of alkyl halides is 3. The molecular weight excluding hydrogens is 536 g/mol. The van der Waals surface area contributed by atoms with Gasteiger partial charge in [-0.15, -0.1) is 0 Å². The minimum atomic E-state index is -4.48. The summed E-state index contributed by atoms with van der Waals surface area (Å²) in [5.74, 6) is 0. The Morgan fingerprint density at radius 3 is 2.61 bits per heavy atom. The number of halogens is 5. The number of carbonyl (C=O) groups excluding carboxylic acids is 1. The molecule has 0 bridgehead atoms. The first-order chi connectivity index (χ1) is 18.2. The fraction of sp³-hybridized carbons (Fsp3) is 0.214. The topological polar surface area (TPSA) is 50.2 Å². The van der Waals surface area contributed by atoms with Crippen LogP contribution >= 0.6 is 23.2 Å². The number of nitrogens with one attached hydrogen (secondary N) is 1. The monoisotopic (exact) mass is 558 g/mol. The molecule has 0 atom stereocenters. The highest BCUT2D eigenvalue weighted by Crippen LogP contribution is 2.36. The van der Waals surface area contributed by atoms with Crippen molar-refractivity contribution in [2.75, 3.05) is 13.1 Å². The van der Waals surface area contributed by atoms with Gasteiger partial charge in [0.05, 0.1) is 11.1 Å². The standard InChI is InChI=1S/C28H23Cl2F3N4O/c29-21-6-3-18(4-7-21)2-1-12-36-13-10-25-23(17-36)22-15-20(28(31,32)33)5-8-24(22)37(25)27(38)35-16-19-9-11-34-26(30)14-19/h1-9,11,14-15H,10,12-13,16-17H2,(H,35,38). The number of aromatic nitrogens is 2. The third kappa shape index (κ3) is 5.72. The second-order valence-electron chi connectivity index (χ2n) is 9.07. The Morgan fingerprint density at radius 1 is 1.08 bits per heavy atom. The maximum absolute atomic E-state index is 13.6. The van der Waals surface area contributed by atoms with E-state index in [-0.39, 0.29) is 6.54 Å². The van der Waals surface area contributed by atoms with Crippen LogP contribution in [0.4, 0.5) is 18.0 Å². The molecule has 0 radical (unpaired) electrons. The lowest BCUT2D eigenvalue weighted by molar-refractivity contribution is -0.137. The molecule has 0 unspecified atom stereocenters. The first-order valence-electron chi connectivity index (χ1n) is 12.0. The van der Waals surface area contributed by atoms with E-state index in [0.29, 0.717) is 47.1 Å². The molecule has 5 nitrogen and oxygen atoms in total. The molecule has 0 spiro atoms. The van der Waals surface area contributed by atoms with E-state index >= 15 is 0 Å². The first-order valence-corrected chi connectivity index (χ1v) is 12.7. The van der Waals surface area contributed by atoms with Gasteiger partial charge in [0.25, 0.3) is 0 Å². The summed E-state index contributed by atoms with van der Waals surface area (Å²) in [5.41, 5.74) is 2.94. The number of rotatable bonds is 5. The Hall–Kier alpha value is -3.33. The van der Waals surface area contributed by atoms with E-state index in [4.69, 9.17) is 23.2 Å². The summed E-state index contributed by atoms with van der Waals surface area (Å²) >= 11 is 11.9. The van der Waals surface area contributed by atoms with Gasteiger partial charge in [0, 0.05) is 54.9 Å². The van der Waals surface area contributed by atoms with Crippen LogP contribution in [0.3, 0.4) is 0 Å². The number of benzene rings is 2. The molecule has 1 N–H and O–H groups in total. The molecule has 1 amide bonds. The Balaban J connectivity index is 1.43. The Labute approximate surface area is 227 Å². The van der Waals surface area contributed by atoms with Crippen molar-refractivity contribution in [2.24, 2.45) is 0 Å². The zero-order valence-electron chi connectivity index (χ0n) is 20.1. The summed E-state index contributed by atoms with van der Waals surface area (Å²) in [6, 6.07) is 14.0. The van der Waals surface area contributed by atoms with Gasteiger partial charge in [-0.25, -0.2) is 9.78 Å². The van der Waals surface area contributed by atoms with E-state index in [1.165, 1.54) is 10.6 Å². The minimum Gasteiger partial charge on any atom is -0.333 e. The van der Waals surface area contributed by atoms with Crippen molar-refractivity contribution < 1.29 is 18.0 Å². The van der Waals surface area contributed by atoms with Gasteiger partial charge < -0.3 is 5.32 Å². The molecule has 0 saturated heterocycles. The number of nitrogens with zero attached hydrogens (tertiary/aromatic N) is 3. The normalized spacial score (nSPS) is 14.2. The van der Waals surface area contributed by atoms with Crippen LogP contribution in [0.5, 0.6) is 0 Å². The average molecular weight is 559 g/mol. The van der Waals surface area contributed by atoms with E-state index in [1.807, 2.05) is 36.4 Å². The van der Waals surface area contributed by atoms with Crippen molar-refractivity contribution in [1.82, 2.24) is 19.8 Å². The fourth-order valence-electron chi connectivity index (χ4n) is 4.70. The van der Waals surface area contributed by atoms with Gasteiger partial charge in [-0.2, -0.15) is 13.2 Å². The largest absolute Gasteiger partial charge is 0.416 e. The van der Waals surface area contributed by atoms with Crippen LogP contribution in [0.2, 0.25) is 10.2 Å². The van der Waals surface area contributed by atoms with Gasteiger partial charge in [-0.05, 0) is 59.2 Å². The van der Waals surface area contributed by atoms with Crippen LogP contribution < -0.4 is 5.32 Å². The van der Waals surface area contributed by atoms with Crippen molar-refractivity contribution >= 4 is 46.2 Å². The molecule has 0 aliphatic carbocycles. The third-order valence-electron chi connectivity index (χ3n) is 6.54. The van der Waals surface area contributed by atoms with Gasteiger partial charge in [0.2, 0.25) is 0 Å². The van der Waals surface area contributed by atoms with Crippen LogP contribution in [0.1, 0.15) is 27.9 Å². The number of carbonyl (C=O) groups is 1. The second-order valence-corrected chi connectivity index (χ2v) is 9.90. The minimum absolute atomic E-state index is 0.206. The zero-order chi connectivity index (χ0) is 26.9. The highest BCUT2D eigenvalue weighted by molar-refractivity contribution is 6.30. The molecule has 2 aromatic heterocycles. The molecule has 1 aliphatic heterocycles. The summed E-state index contributed by atoms with van der Waals surface area (Å²) in [6.45, 7) is 1.91. The molecule has 196 valence electrons. The number of fused-ring (bicyclic) bond motifs is 3. The van der Waals surface area contributed by atoms with E-state index in [1.54, 1.807) is 18.3 Å². The van der Waals surface area contributed by atoms with E-state index in [0.717, 1.165) is 34.5 Å². The van der Waals surface area contributed by atoms with Crippen molar-refractivity contribution in [3.05, 3.63) is 105 Å². The summed E-state index contributed by atoms with van der Waals surface area (Å²) < 4.78 is 42.2. The predicted molar refractivity (Wildman–Crippen MR) is 143 cm³/mol. The molecular formula is C28H23Cl2F3N4O. The first kappa shape index (κ1) is 26.3. The highest BCUT2D eigenvalue weighted by Gasteiger charge is 2.33. The van der Waals surface area contributed by atoms with Gasteiger partial charge in [-0.3, -0.25) is 9.47 Å². The van der Waals surface area contributed by atoms with Crippen LogP contribution in [-0.2, 0) is 25.7 Å². The predicted octanol–water partition coefficient (Wildman–Crippen LogP) is 7.19. The zero-order valence-corrected chi connectivity index (χ0v) is 21.6. The summed E-state index contributed by atoms with van der Waals surface area (Å²) in [7, 11) is 0. The molecule has 4 aromatic rings. The summed E-state index contributed by atoms with van der Waals surface area (Å²) in [5, 5.41) is 4.27. The highest BCUT2D eigenvalue weighted by atomic mass is 35.5. The molecule has 0 fully saturated rings. The molecule has 10 heteroatoms. The average Bonchev–Trinajstić information content (AvgIpc) is 3.21. The SMILES string of the molecule is O=C(NCc1ccnc(Cl)c1)n1c2c(c3cc(C(F)(F)F)ccc31)CN(CC=Cc1ccc(Cl)cc1)CC2. The fourth-order valence-corrected chi connectivity index (χ4v) is 5.02. The van der Waals surface area contributed by atoms with Crippen molar-refractivity contribution in [3.8, 4) is 0 Å². The third-order valence-corrected chi connectivity index (χ3v) is 7.00. The van der Waals surface area contributed by atoms with Crippen LogP contribution in [0, 0.1) is 0 Å². The lowest BCUT2D eigenvalue weighted by atomic mass is 10.0. The Morgan fingerprint density at radius 2 is 1.87 bits per heavy atom. The Bertz CT molecular complexity index is 1510. The quantitative estimate of drug-likeness (QED) is 0.264. The van der Waals surface area contributed by atoms with Gasteiger partial charge in [0.1, 0.15) is 5.15 Å². The summed E-state index contributed by atoms with van der Waals surface area (Å²) in [4.78, 5) is 19.4. The molecule has 1 aliphatic rings. The van der Waals surface area contributed by atoms with Gasteiger partial charge in [-0.1, -0.05) is 47.5 Å². The lowest BCUT2D eigenvalue weighted by Gasteiger charge is -2.27. The van der Waals surface area contributed by atoms with Crippen LogP contribution in [-0.4, -0.2) is 33.6 Å². The van der Waals surface area contributed by atoms with Gasteiger partial charge >= 0.3 is 12.2 Å². The molecule has 3 heterocycles. The Kier molecular flexibility index (Phi) is 7.47. The summed E-state index contributed by atoms with van der Waals surface area (Å²) in [6.07, 6.45) is 1.58. The second kappa shape index (κ2) is 10.8. The van der Waals surface area contributed by atoms with Crippen molar-refractivity contribution in [2.45, 2.75) is 25.7 Å². The number of amides is 1. The van der Waals surface area contributed by atoms with E-state index < -0.39 is 17.8 Å².